The molecule has 4 aliphatic carbocycles. The Morgan fingerprint density at radius 3 is 2.45 bits per heavy atom. The Morgan fingerprint density at radius 2 is 1.91 bits per heavy atom. The number of primary amides is 1. The van der Waals surface area contributed by atoms with Crippen molar-refractivity contribution in [3.05, 3.63) is 57.3 Å². The fourth-order valence-electron chi connectivity index (χ4n) is 5.29. The molecule has 0 aromatic heterocycles. The van der Waals surface area contributed by atoms with Crippen LogP contribution >= 0.6 is 0 Å². The predicted molar refractivity (Wildman–Crippen MR) is 107 cm³/mol. The molecule has 0 aromatic carbocycles. The largest absolute Gasteiger partial charge is 0.520 e. The molecule has 1 amide bonds. The Bertz CT molecular complexity index is 1200. The number of carbonyl (C=O) groups is 3. The molecular formula is C22H20N3O7Y-. The number of hydrogen-bond acceptors (Lipinski definition) is 9. The molecule has 4 atom stereocenters. The van der Waals surface area contributed by atoms with Crippen LogP contribution in [0.4, 0.5) is 0 Å². The van der Waals surface area contributed by atoms with Crippen molar-refractivity contribution < 1.29 is 67.5 Å². The van der Waals surface area contributed by atoms with Gasteiger partial charge in [0.25, 0.3) is 5.91 Å². The van der Waals surface area contributed by atoms with E-state index in [1.165, 1.54) is 25.1 Å². The van der Waals surface area contributed by atoms with E-state index in [4.69, 9.17) is 5.73 Å². The smallest absolute Gasteiger partial charge is 0.255 e. The quantitative estimate of drug-likeness (QED) is 0.243. The van der Waals surface area contributed by atoms with Gasteiger partial charge in [-0.25, -0.2) is 5.26 Å². The summed E-state index contributed by atoms with van der Waals surface area (Å²) in [6.07, 6.45) is 3.63. The minimum atomic E-state index is -2.59. The summed E-state index contributed by atoms with van der Waals surface area (Å²) < 4.78 is 0. The summed E-state index contributed by atoms with van der Waals surface area (Å²) in [6, 6.07) is 0.824. The Labute approximate surface area is 213 Å². The first kappa shape index (κ1) is 25.1. The fraction of sp³-hybridized carbons (Fsp3) is 0.364. The summed E-state index contributed by atoms with van der Waals surface area (Å²) in [5.74, 6) is -7.19. The van der Waals surface area contributed by atoms with E-state index in [1.807, 2.05) is 6.07 Å². The molecule has 0 unspecified atom stereocenters. The number of nitrogens with two attached hydrogens (primary N) is 1. The van der Waals surface area contributed by atoms with E-state index >= 15 is 0 Å². The van der Waals surface area contributed by atoms with Gasteiger partial charge in [0, 0.05) is 50.3 Å². The molecule has 0 aromatic rings. The van der Waals surface area contributed by atoms with Crippen LogP contribution in [0.3, 0.4) is 0 Å². The number of hydrogen-bond donors (Lipinski definition) is 5. The molecule has 0 saturated heterocycles. The number of carbonyl (C=O) groups excluding carboxylic acids is 3. The second kappa shape index (κ2) is 8.33. The molecule has 6 N–H and O–H groups in total. The van der Waals surface area contributed by atoms with Gasteiger partial charge in [-0.3, -0.25) is 14.5 Å². The van der Waals surface area contributed by atoms with E-state index in [1.54, 1.807) is 0 Å². The minimum Gasteiger partial charge on any atom is -0.520 e. The molecule has 4 rings (SSSR count). The SMILES string of the molecule is CN(C)[C@@H]1C(=O)C(C(N)=O)=C(O)[C@@]2(O)C(O)=C3C(O)=C4C(=O)[C-]=CC(C#N)=C4C[C@H]3C[C@@H]12.[Y]. The molecule has 1 radical (unpaired) electrons. The summed E-state index contributed by atoms with van der Waals surface area (Å²) in [7, 11) is 3.07. The fourth-order valence-corrected chi connectivity index (χ4v) is 5.29. The molecule has 0 bridgehead atoms. The number of fused-ring (bicyclic) bond motifs is 3. The number of nitriles is 1. The van der Waals surface area contributed by atoms with Crippen LogP contribution in [-0.4, -0.2) is 68.5 Å². The number of amides is 1. The third-order valence-corrected chi connectivity index (χ3v) is 6.66. The molecule has 0 heterocycles. The van der Waals surface area contributed by atoms with Crippen molar-refractivity contribution in [1.29, 1.82) is 5.26 Å². The van der Waals surface area contributed by atoms with Gasteiger partial charge in [-0.15, -0.1) is 11.6 Å². The van der Waals surface area contributed by atoms with Crippen LogP contribution in [-0.2, 0) is 47.1 Å². The van der Waals surface area contributed by atoms with Crippen LogP contribution in [0, 0.1) is 29.2 Å². The van der Waals surface area contributed by atoms with Crippen molar-refractivity contribution in [3.8, 4) is 6.07 Å². The summed E-state index contributed by atoms with van der Waals surface area (Å²) in [4.78, 5) is 38.7. The number of aliphatic hydroxyl groups excluding tert-OH is 3. The van der Waals surface area contributed by atoms with Gasteiger partial charge in [0.05, 0.1) is 17.6 Å². The number of Topliss-reactive ketones (excluding diaryl/α,β-unsaturated/α-hetero) is 2. The first-order chi connectivity index (χ1) is 15.0. The van der Waals surface area contributed by atoms with Gasteiger partial charge in [-0.2, -0.15) is 6.08 Å². The zero-order valence-electron chi connectivity index (χ0n) is 17.8. The third-order valence-electron chi connectivity index (χ3n) is 6.66. The number of nitrogens with zero attached hydrogens (tertiary/aromatic N) is 2. The second-order valence-corrected chi connectivity index (χ2v) is 8.48. The number of ketones is 2. The van der Waals surface area contributed by atoms with E-state index in [0.717, 1.165) is 0 Å². The number of rotatable bonds is 2. The molecule has 4 aliphatic rings. The van der Waals surface area contributed by atoms with Crippen molar-refractivity contribution in [2.75, 3.05) is 14.1 Å². The van der Waals surface area contributed by atoms with Crippen LogP contribution < -0.4 is 5.73 Å². The Hall–Kier alpha value is -2.58. The molecule has 0 aliphatic heterocycles. The van der Waals surface area contributed by atoms with Gasteiger partial charge >= 0.3 is 0 Å². The van der Waals surface area contributed by atoms with Crippen LogP contribution in [0.1, 0.15) is 12.8 Å². The van der Waals surface area contributed by atoms with Crippen LogP contribution in [0.25, 0.3) is 0 Å². The van der Waals surface area contributed by atoms with Gasteiger partial charge < -0.3 is 31.0 Å². The van der Waals surface area contributed by atoms with Crippen molar-refractivity contribution >= 4 is 17.5 Å². The molecule has 33 heavy (non-hydrogen) atoms. The first-order valence-corrected chi connectivity index (χ1v) is 9.78. The monoisotopic (exact) mass is 527 g/mol. The average molecular weight is 527 g/mol. The first-order valence-electron chi connectivity index (χ1n) is 9.78. The maximum Gasteiger partial charge on any atom is 0.255 e. The maximum absolute atomic E-state index is 13.0. The number of aliphatic hydroxyl groups is 4. The van der Waals surface area contributed by atoms with Crippen LogP contribution in [0.15, 0.2) is 51.2 Å². The van der Waals surface area contributed by atoms with E-state index in [0.29, 0.717) is 0 Å². The molecule has 169 valence electrons. The molecule has 0 spiro atoms. The van der Waals surface area contributed by atoms with E-state index < -0.39 is 63.8 Å². The molecule has 11 heteroatoms. The summed E-state index contributed by atoms with van der Waals surface area (Å²) in [5, 5.41) is 53.7. The second-order valence-electron chi connectivity index (χ2n) is 8.48. The topological polar surface area (TPSA) is 185 Å². The van der Waals surface area contributed by atoms with Crippen molar-refractivity contribution in [1.82, 2.24) is 4.90 Å². The van der Waals surface area contributed by atoms with Gasteiger partial charge in [-0.05, 0) is 38.4 Å². The summed E-state index contributed by atoms with van der Waals surface area (Å²) in [6.45, 7) is 0. The van der Waals surface area contributed by atoms with Crippen LogP contribution in [0.5, 0.6) is 0 Å². The minimum absolute atomic E-state index is 0. The Morgan fingerprint density at radius 1 is 1.27 bits per heavy atom. The van der Waals surface area contributed by atoms with E-state index in [9.17, 15) is 40.1 Å². The van der Waals surface area contributed by atoms with Crippen LogP contribution in [0.2, 0.25) is 0 Å². The van der Waals surface area contributed by atoms with Gasteiger partial charge in [0.2, 0.25) is 0 Å². The third kappa shape index (κ3) is 3.26. The molecule has 0 saturated carbocycles. The average Bonchev–Trinajstić information content (AvgIpc) is 2.70. The molecular weight excluding hydrogens is 507 g/mol. The Balaban J connectivity index is 0.00000306. The van der Waals surface area contributed by atoms with Crippen molar-refractivity contribution in [2.45, 2.75) is 24.5 Å². The standard InChI is InChI=1S/C22H20N3O7.Y/c1-25(2)16-11-6-9-5-10-8(7-23)3-4-12(26)14(10)17(27)13(9)19(29)22(11,32)20(30)15(18(16)28)21(24)31;/h3,9,11,16,27,29-30,32H,5-6H2,1-2H3,(H2,24,31);/q-1;/t9-,11-,16-,22-;/m0./s1. The number of allylic oxidation sites excluding steroid dienone is 6. The van der Waals surface area contributed by atoms with Gasteiger partial charge in [0.1, 0.15) is 17.1 Å². The van der Waals surface area contributed by atoms with Gasteiger partial charge in [-0.1, -0.05) is 5.57 Å². The Kier molecular flexibility index (Phi) is 6.32. The molecule has 10 nitrogen and oxygen atoms in total. The predicted octanol–water partition coefficient (Wildman–Crippen LogP) is -0.0484. The normalized spacial score (nSPS) is 31.2. The van der Waals surface area contributed by atoms with E-state index in [2.05, 4.69) is 6.08 Å². The zero-order valence-corrected chi connectivity index (χ0v) is 20.6. The van der Waals surface area contributed by atoms with E-state index in [-0.39, 0.29) is 67.8 Å². The van der Waals surface area contributed by atoms with Gasteiger partial charge in [0.15, 0.2) is 11.4 Å². The summed E-state index contributed by atoms with van der Waals surface area (Å²) in [5.41, 5.74) is 1.84. The zero-order chi connectivity index (χ0) is 23.7. The molecule has 0 fully saturated rings. The maximum atomic E-state index is 13.0. The van der Waals surface area contributed by atoms with Crippen molar-refractivity contribution in [2.24, 2.45) is 17.6 Å². The summed E-state index contributed by atoms with van der Waals surface area (Å²) >= 11 is 0. The number of likely N-dealkylation sites (N-methyl/N-ethyl adjacent to an activating group) is 1. The van der Waals surface area contributed by atoms with Crippen molar-refractivity contribution in [3.63, 3.8) is 0 Å².